The van der Waals surface area contributed by atoms with Crippen LogP contribution in [0.3, 0.4) is 0 Å². The average Bonchev–Trinajstić information content (AvgIpc) is 4.31. The molecule has 0 aliphatic carbocycles. The first-order valence-corrected chi connectivity index (χ1v) is 35.6. The van der Waals surface area contributed by atoms with Crippen molar-refractivity contribution in [2.75, 3.05) is 0 Å². The fraction of sp³-hybridized carbons (Fsp3) is 0.606. The molecule has 4 nitrogen and oxygen atoms in total. The lowest BCUT2D eigenvalue weighted by atomic mass is 9.88. The molecule has 0 spiro atoms. The summed E-state index contributed by atoms with van der Waals surface area (Å²) in [5.41, 5.74) is 9.45. The van der Waals surface area contributed by atoms with Crippen molar-refractivity contribution in [2.45, 2.75) is 246 Å². The van der Waals surface area contributed by atoms with Gasteiger partial charge >= 0.3 is 0 Å². The maximum Gasteiger partial charge on any atom is 0.114 e. The van der Waals surface area contributed by atoms with Crippen LogP contribution in [0.1, 0.15) is 244 Å². The van der Waals surface area contributed by atoms with Gasteiger partial charge in [0.15, 0.2) is 0 Å². The molecule has 0 fully saturated rings. The fourth-order valence-electron chi connectivity index (χ4n) is 12.0. The smallest absolute Gasteiger partial charge is 0.114 e. The van der Waals surface area contributed by atoms with Crippen molar-refractivity contribution in [3.63, 3.8) is 0 Å². The zero-order chi connectivity index (χ0) is 52.6. The quantitative estimate of drug-likeness (QED) is 0.0359. The summed E-state index contributed by atoms with van der Waals surface area (Å²) in [6.45, 7) is 9.29. The second kappa shape index (κ2) is 33.0. The highest BCUT2D eigenvalue weighted by atomic mass is 32.1. The second-order valence-electron chi connectivity index (χ2n) is 22.5. The number of rotatable bonds is 40. The van der Waals surface area contributed by atoms with E-state index in [2.05, 4.69) is 87.0 Å². The molecule has 6 aromatic heterocycles. The van der Waals surface area contributed by atoms with Gasteiger partial charge in [-0.25, -0.2) is 0 Å². The summed E-state index contributed by atoms with van der Waals surface area (Å²) >= 11 is 10.4. The molecule has 412 valence electrons. The topological polar surface area (TPSA) is 51.6 Å². The standard InChI is InChI=1S/C66H92N4S6/c1-5-9-13-17-21-23-27-31-37-49(35-29-25-19-15-11-7-3)43-51-45-59(73-65(51)57-39-33-41-71-57)55-47-53-54(61-63(55)69-75-67-61)48-56(64-62(53)68-76-70-64)60-46-52(66(74-60)58-40-34-42-72-58)44-50(36-30-26-20-16-12-8-4)38-32-28-24-22-18-14-10-6-2/h33-34,39-42,45-50H,5-32,35-38,43-44H2,1-4H3. The monoisotopic (exact) mass is 1130 g/mol. The summed E-state index contributed by atoms with van der Waals surface area (Å²) in [7, 11) is 0. The number of hydrogen-bond donors (Lipinski definition) is 0. The Bertz CT molecular complexity index is 2630. The van der Waals surface area contributed by atoms with Crippen molar-refractivity contribution in [3.8, 4) is 40.4 Å². The van der Waals surface area contributed by atoms with Crippen molar-refractivity contribution in [3.05, 3.63) is 70.4 Å². The number of fused-ring (bicyclic) bond motifs is 5. The van der Waals surface area contributed by atoms with Crippen LogP contribution in [-0.2, 0) is 12.8 Å². The minimum absolute atomic E-state index is 0.711. The van der Waals surface area contributed by atoms with Crippen molar-refractivity contribution in [1.29, 1.82) is 0 Å². The summed E-state index contributed by atoms with van der Waals surface area (Å²) in [4.78, 5) is 8.27. The second-order valence-corrected chi connectivity index (χ2v) is 27.6. The number of unbranched alkanes of at least 4 members (excludes halogenated alkanes) is 24. The minimum atomic E-state index is 0.711. The SMILES string of the molecule is CCCCCCCCCCC(CCCCCCCC)Cc1cc(-c2cc3c(cc(-c4cc(CC(CCCCCCCC)CCCCCCCCCC)c(-c5cccs5)s4)c4nsnc43)c3nsnc23)sc1-c1cccs1. The van der Waals surface area contributed by atoms with Gasteiger partial charge in [0.2, 0.25) is 0 Å². The predicted octanol–water partition coefficient (Wildman–Crippen LogP) is 24.6. The van der Waals surface area contributed by atoms with Gasteiger partial charge < -0.3 is 0 Å². The Morgan fingerprint density at radius 1 is 0.355 bits per heavy atom. The number of benzene rings is 2. The largest absolute Gasteiger partial charge is 0.172 e. The summed E-state index contributed by atoms with van der Waals surface area (Å²) in [6.07, 6.45) is 46.1. The summed E-state index contributed by atoms with van der Waals surface area (Å²) < 4.78 is 20.5. The first kappa shape index (κ1) is 59.3. The highest BCUT2D eigenvalue weighted by Crippen LogP contribution is 2.49. The highest BCUT2D eigenvalue weighted by molar-refractivity contribution is 7.24. The normalized spacial score (nSPS) is 12.8. The van der Waals surface area contributed by atoms with Gasteiger partial charge in [-0.3, -0.25) is 0 Å². The lowest BCUT2D eigenvalue weighted by molar-refractivity contribution is 0.401. The van der Waals surface area contributed by atoms with Crippen LogP contribution < -0.4 is 0 Å². The molecule has 10 heteroatoms. The molecule has 2 atom stereocenters. The van der Waals surface area contributed by atoms with E-state index in [0.29, 0.717) is 11.8 Å². The molecule has 76 heavy (non-hydrogen) atoms. The molecule has 0 N–H and O–H groups in total. The van der Waals surface area contributed by atoms with E-state index in [-0.39, 0.29) is 0 Å². The van der Waals surface area contributed by atoms with Crippen LogP contribution in [0.15, 0.2) is 59.3 Å². The molecule has 0 saturated carbocycles. The summed E-state index contributed by atoms with van der Waals surface area (Å²) in [6, 6.07) is 19.1. The summed E-state index contributed by atoms with van der Waals surface area (Å²) in [5.74, 6) is 1.42. The van der Waals surface area contributed by atoms with Gasteiger partial charge in [0.05, 0.1) is 23.5 Å². The maximum absolute atomic E-state index is 5.13. The van der Waals surface area contributed by atoms with Gasteiger partial charge in [-0.1, -0.05) is 245 Å². The van der Waals surface area contributed by atoms with E-state index in [1.807, 2.05) is 45.3 Å². The Hall–Kier alpha value is -2.86. The van der Waals surface area contributed by atoms with Gasteiger partial charge in [0, 0.05) is 51.2 Å². The van der Waals surface area contributed by atoms with Crippen LogP contribution in [-0.4, -0.2) is 17.5 Å². The van der Waals surface area contributed by atoms with Gasteiger partial charge in [-0.05, 0) is 83.0 Å². The average molecular weight is 1130 g/mol. The van der Waals surface area contributed by atoms with E-state index >= 15 is 0 Å². The van der Waals surface area contributed by atoms with Gasteiger partial charge in [-0.2, -0.15) is 17.5 Å². The van der Waals surface area contributed by atoms with E-state index < -0.39 is 0 Å². The molecule has 8 rings (SSSR count). The van der Waals surface area contributed by atoms with Gasteiger partial charge in [0.1, 0.15) is 22.1 Å². The van der Waals surface area contributed by atoms with Crippen LogP contribution in [0.2, 0.25) is 0 Å². The molecule has 8 aromatic rings. The molecule has 0 aliphatic rings. The molecule has 6 heterocycles. The molecule has 0 bridgehead atoms. The van der Waals surface area contributed by atoms with Crippen molar-refractivity contribution < 1.29 is 0 Å². The maximum atomic E-state index is 5.13. The molecule has 0 radical (unpaired) electrons. The van der Waals surface area contributed by atoms with Crippen LogP contribution in [0.25, 0.3) is 73.2 Å². The number of hydrogen-bond acceptors (Lipinski definition) is 10. The lowest BCUT2D eigenvalue weighted by Crippen LogP contribution is -2.05. The van der Waals surface area contributed by atoms with Crippen LogP contribution in [0, 0.1) is 11.8 Å². The van der Waals surface area contributed by atoms with E-state index in [9.17, 15) is 0 Å². The third-order valence-electron chi connectivity index (χ3n) is 16.4. The molecule has 0 aliphatic heterocycles. The van der Waals surface area contributed by atoms with E-state index in [1.165, 1.54) is 280 Å². The molecule has 0 amide bonds. The predicted molar refractivity (Wildman–Crippen MR) is 344 cm³/mol. The number of nitrogens with zero attached hydrogens (tertiary/aromatic N) is 4. The van der Waals surface area contributed by atoms with Gasteiger partial charge in [-0.15, -0.1) is 45.3 Å². The summed E-state index contributed by atoms with van der Waals surface area (Å²) in [5, 5.41) is 6.79. The third kappa shape index (κ3) is 17.1. The molecular weight excluding hydrogens is 1040 g/mol. The molecule has 0 saturated heterocycles. The molecule has 2 aromatic carbocycles. The van der Waals surface area contributed by atoms with Crippen molar-refractivity contribution >= 4 is 102 Å². The van der Waals surface area contributed by atoms with Crippen molar-refractivity contribution in [1.82, 2.24) is 17.5 Å². The zero-order valence-electron chi connectivity index (χ0n) is 47.2. The van der Waals surface area contributed by atoms with Gasteiger partial charge in [0.25, 0.3) is 0 Å². The number of aromatic nitrogens is 4. The first-order valence-electron chi connectivity index (χ1n) is 30.8. The minimum Gasteiger partial charge on any atom is -0.172 e. The zero-order valence-corrected chi connectivity index (χ0v) is 52.1. The molecular formula is C66H92N4S6. The first-order chi connectivity index (χ1) is 37.6. The Morgan fingerprint density at radius 3 is 0.987 bits per heavy atom. The van der Waals surface area contributed by atoms with Crippen LogP contribution in [0.4, 0.5) is 0 Å². The highest BCUT2D eigenvalue weighted by Gasteiger charge is 2.25. The number of thiophene rings is 4. The fourth-order valence-corrected chi connectivity index (χ4v) is 17.3. The Labute approximate surface area is 484 Å². The third-order valence-corrected chi connectivity index (χ3v) is 22.0. The van der Waals surface area contributed by atoms with E-state index in [0.717, 1.165) is 45.7 Å². The Morgan fingerprint density at radius 2 is 0.671 bits per heavy atom. The lowest BCUT2D eigenvalue weighted by Gasteiger charge is -2.17. The Balaban J connectivity index is 1.08. The van der Waals surface area contributed by atoms with Crippen LogP contribution in [0.5, 0.6) is 0 Å². The van der Waals surface area contributed by atoms with E-state index in [4.69, 9.17) is 17.5 Å². The van der Waals surface area contributed by atoms with Crippen molar-refractivity contribution in [2.24, 2.45) is 11.8 Å². The van der Waals surface area contributed by atoms with E-state index in [1.54, 1.807) is 0 Å². The Kier molecular flexibility index (Phi) is 25.8. The van der Waals surface area contributed by atoms with Crippen LogP contribution >= 0.6 is 68.8 Å². The molecule has 2 unspecified atom stereocenters.